The van der Waals surface area contributed by atoms with Gasteiger partial charge in [0.2, 0.25) is 5.91 Å². The largest absolute Gasteiger partial charge is 0.370 e. The Labute approximate surface area is 83.3 Å². The van der Waals surface area contributed by atoms with Crippen molar-refractivity contribution in [3.8, 4) is 0 Å². The minimum atomic E-state index is -0.333. The summed E-state index contributed by atoms with van der Waals surface area (Å²) in [7, 11) is 0. The lowest BCUT2D eigenvalue weighted by Gasteiger charge is -2.20. The predicted octanol–water partition coefficient (Wildman–Crippen LogP) is -0.778. The van der Waals surface area contributed by atoms with Crippen molar-refractivity contribution in [3.05, 3.63) is 12.7 Å². The van der Waals surface area contributed by atoms with Gasteiger partial charge in [-0.1, -0.05) is 6.58 Å². The molecule has 0 radical (unpaired) electrons. The van der Waals surface area contributed by atoms with Gasteiger partial charge in [-0.3, -0.25) is 9.59 Å². The Bertz CT molecular complexity index is 206. The Morgan fingerprint density at radius 3 is 2.57 bits per heavy atom. The Balaban J connectivity index is 0.000000364. The number of ketones is 1. The van der Waals surface area contributed by atoms with Gasteiger partial charge in [0.25, 0.3) is 0 Å². The molecule has 1 aliphatic heterocycles. The highest BCUT2D eigenvalue weighted by atomic mass is 16.5. The number of amides is 1. The van der Waals surface area contributed by atoms with Crippen LogP contribution in [0, 0.1) is 0 Å². The summed E-state index contributed by atoms with van der Waals surface area (Å²) in [6.45, 7) is 6.75. The van der Waals surface area contributed by atoms with Crippen LogP contribution >= 0.6 is 0 Å². The molecule has 1 unspecified atom stereocenters. The van der Waals surface area contributed by atoms with Crippen molar-refractivity contribution < 1.29 is 14.3 Å². The summed E-state index contributed by atoms with van der Waals surface area (Å²) in [5.74, 6) is -0.368. The number of nitrogens with one attached hydrogen (secondary N) is 1. The Morgan fingerprint density at radius 2 is 2.21 bits per heavy atom. The maximum Gasteiger partial charge on any atom is 0.214 e. The fraction of sp³-hybridized carbons (Fsp3) is 0.556. The molecule has 5 heteroatoms. The second-order valence-electron chi connectivity index (χ2n) is 2.78. The SMILES string of the molecule is C=CC(=O)C1CNCCO1.CC(N)=O. The summed E-state index contributed by atoms with van der Waals surface area (Å²) in [4.78, 5) is 20.1. The van der Waals surface area contributed by atoms with E-state index in [9.17, 15) is 9.59 Å². The van der Waals surface area contributed by atoms with Gasteiger partial charge in [-0.2, -0.15) is 0 Å². The number of morpholine rings is 1. The molecule has 0 aromatic heterocycles. The van der Waals surface area contributed by atoms with Crippen molar-refractivity contribution >= 4 is 11.7 Å². The first kappa shape index (κ1) is 12.8. The number of hydrogen-bond acceptors (Lipinski definition) is 4. The Morgan fingerprint density at radius 1 is 1.64 bits per heavy atom. The molecule has 5 nitrogen and oxygen atoms in total. The molecule has 0 aromatic carbocycles. The molecule has 1 aliphatic rings. The minimum Gasteiger partial charge on any atom is -0.370 e. The molecular weight excluding hydrogens is 184 g/mol. The Hall–Kier alpha value is -1.20. The number of primary amides is 1. The monoisotopic (exact) mass is 200 g/mol. The Kier molecular flexibility index (Phi) is 6.61. The van der Waals surface area contributed by atoms with Gasteiger partial charge in [0, 0.05) is 20.0 Å². The molecule has 0 aromatic rings. The predicted molar refractivity (Wildman–Crippen MR) is 52.7 cm³/mol. The van der Waals surface area contributed by atoms with Crippen molar-refractivity contribution in [1.29, 1.82) is 0 Å². The topological polar surface area (TPSA) is 81.4 Å². The van der Waals surface area contributed by atoms with Crippen LogP contribution in [0.15, 0.2) is 12.7 Å². The molecule has 0 saturated carbocycles. The van der Waals surface area contributed by atoms with Crippen LogP contribution in [-0.4, -0.2) is 37.5 Å². The molecule has 80 valence electrons. The van der Waals surface area contributed by atoms with E-state index >= 15 is 0 Å². The number of hydrogen-bond donors (Lipinski definition) is 2. The van der Waals surface area contributed by atoms with Crippen molar-refractivity contribution in [3.63, 3.8) is 0 Å². The summed E-state index contributed by atoms with van der Waals surface area (Å²) in [6.07, 6.45) is 1.00. The van der Waals surface area contributed by atoms with E-state index in [1.807, 2.05) is 0 Å². The lowest BCUT2D eigenvalue weighted by molar-refractivity contribution is -0.127. The zero-order chi connectivity index (χ0) is 11.0. The second kappa shape index (κ2) is 7.23. The van der Waals surface area contributed by atoms with Gasteiger partial charge < -0.3 is 15.8 Å². The quantitative estimate of drug-likeness (QED) is 0.573. The molecular formula is C9H16N2O3. The third kappa shape index (κ3) is 6.33. The van der Waals surface area contributed by atoms with Gasteiger partial charge >= 0.3 is 0 Å². The van der Waals surface area contributed by atoms with E-state index in [0.717, 1.165) is 6.54 Å². The fourth-order valence-electron chi connectivity index (χ4n) is 0.880. The molecule has 1 atom stereocenters. The number of carbonyl (C=O) groups excluding carboxylic acids is 2. The summed E-state index contributed by atoms with van der Waals surface area (Å²) < 4.78 is 5.15. The number of ether oxygens (including phenoxy) is 1. The molecule has 0 bridgehead atoms. The number of carbonyl (C=O) groups is 2. The molecule has 3 N–H and O–H groups in total. The van der Waals surface area contributed by atoms with Gasteiger partial charge in [-0.15, -0.1) is 0 Å². The van der Waals surface area contributed by atoms with Gasteiger partial charge in [-0.25, -0.2) is 0 Å². The highest BCUT2D eigenvalue weighted by Crippen LogP contribution is 1.97. The smallest absolute Gasteiger partial charge is 0.214 e. The molecule has 1 amide bonds. The van der Waals surface area contributed by atoms with Gasteiger partial charge in [-0.05, 0) is 6.08 Å². The average molecular weight is 200 g/mol. The van der Waals surface area contributed by atoms with Crippen LogP contribution in [0.4, 0.5) is 0 Å². The number of nitrogens with two attached hydrogens (primary N) is 1. The third-order valence-corrected chi connectivity index (χ3v) is 1.45. The second-order valence-corrected chi connectivity index (χ2v) is 2.78. The first-order valence-corrected chi connectivity index (χ1v) is 4.32. The van der Waals surface area contributed by atoms with Crippen LogP contribution in [0.1, 0.15) is 6.92 Å². The van der Waals surface area contributed by atoms with E-state index in [0.29, 0.717) is 13.2 Å². The standard InChI is InChI=1S/C7H11NO2.C2H5NO/c1-2-6(9)7-5-8-3-4-10-7;1-2(3)4/h2,7-8H,1,3-5H2;1H3,(H2,3,4). The van der Waals surface area contributed by atoms with Crippen LogP contribution in [-0.2, 0) is 14.3 Å². The first-order chi connectivity index (χ1) is 6.57. The van der Waals surface area contributed by atoms with E-state index in [4.69, 9.17) is 4.74 Å². The van der Waals surface area contributed by atoms with Crippen LogP contribution in [0.25, 0.3) is 0 Å². The van der Waals surface area contributed by atoms with Crippen LogP contribution in [0.3, 0.4) is 0 Å². The maximum atomic E-state index is 10.9. The molecule has 0 aliphatic carbocycles. The molecule has 0 spiro atoms. The van der Waals surface area contributed by atoms with E-state index in [2.05, 4.69) is 17.6 Å². The molecule has 1 heterocycles. The molecule has 1 fully saturated rings. The van der Waals surface area contributed by atoms with E-state index < -0.39 is 0 Å². The van der Waals surface area contributed by atoms with Gasteiger partial charge in [0.05, 0.1) is 6.61 Å². The summed E-state index contributed by atoms with van der Waals surface area (Å²) in [5, 5.41) is 3.06. The molecule has 1 saturated heterocycles. The zero-order valence-corrected chi connectivity index (χ0v) is 8.29. The van der Waals surface area contributed by atoms with Gasteiger partial charge in [0.1, 0.15) is 6.10 Å². The summed E-state index contributed by atoms with van der Waals surface area (Å²) >= 11 is 0. The van der Waals surface area contributed by atoms with E-state index in [1.165, 1.54) is 13.0 Å². The van der Waals surface area contributed by atoms with Gasteiger partial charge in [0.15, 0.2) is 5.78 Å². The van der Waals surface area contributed by atoms with E-state index in [1.54, 1.807) is 0 Å². The lowest BCUT2D eigenvalue weighted by Crippen LogP contribution is -2.42. The summed E-state index contributed by atoms with van der Waals surface area (Å²) in [6, 6.07) is 0. The van der Waals surface area contributed by atoms with E-state index in [-0.39, 0.29) is 17.8 Å². The third-order valence-electron chi connectivity index (χ3n) is 1.45. The highest BCUT2D eigenvalue weighted by Gasteiger charge is 2.18. The van der Waals surface area contributed by atoms with Crippen molar-refractivity contribution in [2.45, 2.75) is 13.0 Å². The van der Waals surface area contributed by atoms with Crippen molar-refractivity contribution in [1.82, 2.24) is 5.32 Å². The van der Waals surface area contributed by atoms with Crippen LogP contribution < -0.4 is 11.1 Å². The first-order valence-electron chi connectivity index (χ1n) is 4.32. The number of rotatable bonds is 2. The van der Waals surface area contributed by atoms with Crippen molar-refractivity contribution in [2.75, 3.05) is 19.7 Å². The van der Waals surface area contributed by atoms with Crippen LogP contribution in [0.5, 0.6) is 0 Å². The highest BCUT2D eigenvalue weighted by molar-refractivity contribution is 5.93. The lowest BCUT2D eigenvalue weighted by atomic mass is 10.2. The molecule has 14 heavy (non-hydrogen) atoms. The molecule has 1 rings (SSSR count). The maximum absolute atomic E-state index is 10.9. The average Bonchev–Trinajstić information content (AvgIpc) is 2.17. The fourth-order valence-corrected chi connectivity index (χ4v) is 0.880. The zero-order valence-electron chi connectivity index (χ0n) is 8.29. The minimum absolute atomic E-state index is 0.0350. The summed E-state index contributed by atoms with van der Waals surface area (Å²) in [5.41, 5.74) is 4.47. The van der Waals surface area contributed by atoms with Crippen LogP contribution in [0.2, 0.25) is 0 Å². The van der Waals surface area contributed by atoms with Crippen molar-refractivity contribution in [2.24, 2.45) is 5.73 Å². The normalized spacial score (nSPS) is 20.2.